The fourth-order valence-electron chi connectivity index (χ4n) is 0.884. The SMILES string of the molecule is CC1=CNC(CO)C1. The van der Waals surface area contributed by atoms with E-state index in [0.717, 1.165) is 6.42 Å². The summed E-state index contributed by atoms with van der Waals surface area (Å²) in [4.78, 5) is 0. The van der Waals surface area contributed by atoms with Crippen molar-refractivity contribution in [2.45, 2.75) is 19.4 Å². The highest BCUT2D eigenvalue weighted by Gasteiger charge is 2.10. The maximum absolute atomic E-state index is 8.59. The average molecular weight is 113 g/mol. The molecule has 0 saturated heterocycles. The molecule has 0 aromatic rings. The Morgan fingerprint density at radius 3 is 3.00 bits per heavy atom. The molecule has 1 rings (SSSR count). The molecule has 1 aliphatic rings. The number of aliphatic hydroxyl groups is 1. The summed E-state index contributed by atoms with van der Waals surface area (Å²) in [7, 11) is 0. The minimum Gasteiger partial charge on any atom is -0.394 e. The molecule has 0 bridgehead atoms. The topological polar surface area (TPSA) is 32.3 Å². The highest BCUT2D eigenvalue weighted by molar-refractivity contribution is 5.06. The van der Waals surface area contributed by atoms with Gasteiger partial charge >= 0.3 is 0 Å². The van der Waals surface area contributed by atoms with Crippen molar-refractivity contribution in [3.05, 3.63) is 11.8 Å². The zero-order valence-corrected chi connectivity index (χ0v) is 5.02. The van der Waals surface area contributed by atoms with Crippen molar-refractivity contribution in [2.75, 3.05) is 6.61 Å². The lowest BCUT2D eigenvalue weighted by atomic mass is 10.2. The molecule has 8 heavy (non-hydrogen) atoms. The van der Waals surface area contributed by atoms with Gasteiger partial charge in [-0.05, 0) is 19.5 Å². The van der Waals surface area contributed by atoms with Crippen LogP contribution < -0.4 is 5.32 Å². The second-order valence-electron chi connectivity index (χ2n) is 2.24. The summed E-state index contributed by atoms with van der Waals surface area (Å²) in [5, 5.41) is 11.6. The Kier molecular flexibility index (Phi) is 1.53. The van der Waals surface area contributed by atoms with Crippen molar-refractivity contribution in [3.63, 3.8) is 0 Å². The summed E-state index contributed by atoms with van der Waals surface area (Å²) < 4.78 is 0. The fraction of sp³-hybridized carbons (Fsp3) is 0.667. The van der Waals surface area contributed by atoms with E-state index in [9.17, 15) is 0 Å². The summed E-state index contributed by atoms with van der Waals surface area (Å²) in [5.74, 6) is 0. The first-order valence-electron chi connectivity index (χ1n) is 2.85. The van der Waals surface area contributed by atoms with Gasteiger partial charge in [-0.1, -0.05) is 5.57 Å². The van der Waals surface area contributed by atoms with Gasteiger partial charge in [-0.3, -0.25) is 0 Å². The third-order valence-corrected chi connectivity index (χ3v) is 1.35. The van der Waals surface area contributed by atoms with E-state index in [1.165, 1.54) is 5.57 Å². The van der Waals surface area contributed by atoms with Crippen LogP contribution in [-0.4, -0.2) is 17.8 Å². The van der Waals surface area contributed by atoms with Crippen LogP contribution >= 0.6 is 0 Å². The van der Waals surface area contributed by atoms with E-state index in [1.807, 2.05) is 6.20 Å². The largest absolute Gasteiger partial charge is 0.394 e. The Hall–Kier alpha value is -0.500. The van der Waals surface area contributed by atoms with Crippen LogP contribution in [0.3, 0.4) is 0 Å². The third-order valence-electron chi connectivity index (χ3n) is 1.35. The van der Waals surface area contributed by atoms with Gasteiger partial charge in [0.1, 0.15) is 0 Å². The van der Waals surface area contributed by atoms with Crippen LogP contribution in [0.4, 0.5) is 0 Å². The summed E-state index contributed by atoms with van der Waals surface area (Å²) in [5.41, 5.74) is 1.32. The van der Waals surface area contributed by atoms with Gasteiger partial charge < -0.3 is 10.4 Å². The molecule has 0 aromatic heterocycles. The molecule has 0 spiro atoms. The summed E-state index contributed by atoms with van der Waals surface area (Å²) in [6, 6.07) is 0.287. The van der Waals surface area contributed by atoms with Crippen LogP contribution in [-0.2, 0) is 0 Å². The molecule has 0 aromatic carbocycles. The van der Waals surface area contributed by atoms with Crippen molar-refractivity contribution >= 4 is 0 Å². The average Bonchev–Trinajstić information content (AvgIpc) is 2.14. The standard InChI is InChI=1S/C6H11NO/c1-5-2-6(4-8)7-3-5/h3,6-8H,2,4H2,1H3. The molecule has 2 N–H and O–H groups in total. The molecule has 2 nitrogen and oxygen atoms in total. The fourth-order valence-corrected chi connectivity index (χ4v) is 0.884. The summed E-state index contributed by atoms with van der Waals surface area (Å²) in [6.07, 6.45) is 2.96. The van der Waals surface area contributed by atoms with E-state index in [1.54, 1.807) is 0 Å². The predicted molar refractivity (Wildman–Crippen MR) is 32.4 cm³/mol. The van der Waals surface area contributed by atoms with E-state index in [0.29, 0.717) is 0 Å². The molecule has 0 saturated carbocycles. The van der Waals surface area contributed by atoms with Crippen LogP contribution in [0.1, 0.15) is 13.3 Å². The van der Waals surface area contributed by atoms with Crippen molar-refractivity contribution in [1.82, 2.24) is 5.32 Å². The molecule has 0 amide bonds. The van der Waals surface area contributed by atoms with Gasteiger partial charge in [-0.25, -0.2) is 0 Å². The Morgan fingerprint density at radius 1 is 2.00 bits per heavy atom. The van der Waals surface area contributed by atoms with E-state index in [-0.39, 0.29) is 12.6 Å². The van der Waals surface area contributed by atoms with E-state index < -0.39 is 0 Å². The zero-order valence-electron chi connectivity index (χ0n) is 5.02. The monoisotopic (exact) mass is 113 g/mol. The molecule has 1 unspecified atom stereocenters. The molecule has 1 heterocycles. The number of aliphatic hydroxyl groups excluding tert-OH is 1. The minimum absolute atomic E-state index is 0.244. The first-order valence-corrected chi connectivity index (χ1v) is 2.85. The lowest BCUT2D eigenvalue weighted by Crippen LogP contribution is -2.22. The third kappa shape index (κ3) is 1.01. The maximum atomic E-state index is 8.59. The lowest BCUT2D eigenvalue weighted by molar-refractivity contribution is 0.257. The van der Waals surface area contributed by atoms with E-state index in [4.69, 9.17) is 5.11 Å². The van der Waals surface area contributed by atoms with Gasteiger partial charge in [-0.2, -0.15) is 0 Å². The minimum atomic E-state index is 0.244. The van der Waals surface area contributed by atoms with Gasteiger partial charge in [-0.15, -0.1) is 0 Å². The first kappa shape index (κ1) is 5.63. The van der Waals surface area contributed by atoms with Crippen molar-refractivity contribution in [2.24, 2.45) is 0 Å². The van der Waals surface area contributed by atoms with E-state index in [2.05, 4.69) is 12.2 Å². The number of hydrogen-bond donors (Lipinski definition) is 2. The molecule has 1 aliphatic heterocycles. The molecule has 0 aliphatic carbocycles. The Morgan fingerprint density at radius 2 is 2.75 bits per heavy atom. The smallest absolute Gasteiger partial charge is 0.0635 e. The van der Waals surface area contributed by atoms with Crippen molar-refractivity contribution < 1.29 is 5.11 Å². The number of hydrogen-bond acceptors (Lipinski definition) is 2. The Bertz CT molecular complexity index is 109. The van der Waals surface area contributed by atoms with Gasteiger partial charge in [0.05, 0.1) is 12.6 Å². The van der Waals surface area contributed by atoms with Crippen molar-refractivity contribution in [1.29, 1.82) is 0 Å². The molecular weight excluding hydrogens is 102 g/mol. The molecule has 1 atom stereocenters. The zero-order chi connectivity index (χ0) is 5.98. The number of nitrogens with one attached hydrogen (secondary N) is 1. The van der Waals surface area contributed by atoms with Gasteiger partial charge in [0.2, 0.25) is 0 Å². The van der Waals surface area contributed by atoms with E-state index >= 15 is 0 Å². The first-order chi connectivity index (χ1) is 3.83. The highest BCUT2D eigenvalue weighted by atomic mass is 16.3. The van der Waals surface area contributed by atoms with Gasteiger partial charge in [0, 0.05) is 0 Å². The summed E-state index contributed by atoms with van der Waals surface area (Å²) in [6.45, 7) is 2.30. The van der Waals surface area contributed by atoms with Crippen LogP contribution in [0, 0.1) is 0 Å². The van der Waals surface area contributed by atoms with Crippen LogP contribution in [0.5, 0.6) is 0 Å². The summed E-state index contributed by atoms with van der Waals surface area (Å²) >= 11 is 0. The second-order valence-corrected chi connectivity index (χ2v) is 2.24. The maximum Gasteiger partial charge on any atom is 0.0635 e. The molecule has 46 valence electrons. The predicted octanol–water partition coefficient (Wildman–Crippen LogP) is 0.244. The van der Waals surface area contributed by atoms with Crippen molar-refractivity contribution in [3.8, 4) is 0 Å². The number of rotatable bonds is 1. The second kappa shape index (κ2) is 2.18. The quantitative estimate of drug-likeness (QED) is 0.510. The highest BCUT2D eigenvalue weighted by Crippen LogP contribution is 2.09. The molecule has 0 radical (unpaired) electrons. The normalized spacial score (nSPS) is 27.2. The molecular formula is C6H11NO. The molecule has 2 heteroatoms. The molecule has 0 fully saturated rings. The Balaban J connectivity index is 2.32. The lowest BCUT2D eigenvalue weighted by Gasteiger charge is -2.03. The van der Waals surface area contributed by atoms with Crippen LogP contribution in [0.15, 0.2) is 11.8 Å². The van der Waals surface area contributed by atoms with Gasteiger partial charge in [0.25, 0.3) is 0 Å². The Labute approximate surface area is 49.2 Å². The van der Waals surface area contributed by atoms with Crippen LogP contribution in [0.2, 0.25) is 0 Å². The van der Waals surface area contributed by atoms with Crippen LogP contribution in [0.25, 0.3) is 0 Å². The van der Waals surface area contributed by atoms with Gasteiger partial charge in [0.15, 0.2) is 0 Å².